The van der Waals surface area contributed by atoms with E-state index in [9.17, 15) is 18.0 Å². The molecule has 0 radical (unpaired) electrons. The fourth-order valence-corrected chi connectivity index (χ4v) is 4.24. The Kier molecular flexibility index (Phi) is 5.94. The predicted octanol–water partition coefficient (Wildman–Crippen LogP) is 3.55. The van der Waals surface area contributed by atoms with Gasteiger partial charge >= 0.3 is 0 Å². The molecular weight excluding hydrogens is 409 g/mol. The Morgan fingerprint density at radius 3 is 2.48 bits per heavy atom. The van der Waals surface area contributed by atoms with Crippen LogP contribution in [0.2, 0.25) is 0 Å². The molecule has 0 N–H and O–H groups in total. The Labute approximate surface area is 179 Å². The molecule has 5 nitrogen and oxygen atoms in total. The van der Waals surface area contributed by atoms with Gasteiger partial charge in [0.2, 0.25) is 6.10 Å². The number of halogens is 3. The third-order valence-electron chi connectivity index (χ3n) is 5.94. The van der Waals surface area contributed by atoms with Gasteiger partial charge in [-0.2, -0.15) is 0 Å². The molecular formula is C23H25F3N2O3. The second-order valence-corrected chi connectivity index (χ2v) is 8.46. The standard InChI is InChI=1S/C23H25F3N2O3/c1-23(2,27-9-11-30-12-10-27)14-28-20(16-13-15(24)7-8-17(16)25)21(22(28)29)31-19-6-4-3-5-18(19)26/h3-8,13,20-21H,9-12,14H2,1-2H3/t20-,21+/m0/s1. The minimum absolute atomic E-state index is 0.0127. The van der Waals surface area contributed by atoms with Gasteiger partial charge in [-0.3, -0.25) is 9.69 Å². The summed E-state index contributed by atoms with van der Waals surface area (Å²) in [5, 5.41) is 0. The molecule has 0 spiro atoms. The number of amides is 1. The van der Waals surface area contributed by atoms with Crippen LogP contribution >= 0.6 is 0 Å². The van der Waals surface area contributed by atoms with Gasteiger partial charge in [0.1, 0.15) is 17.7 Å². The van der Waals surface area contributed by atoms with Crippen molar-refractivity contribution in [2.75, 3.05) is 32.8 Å². The highest BCUT2D eigenvalue weighted by molar-refractivity contribution is 5.89. The van der Waals surface area contributed by atoms with Crippen LogP contribution in [0.5, 0.6) is 5.75 Å². The third-order valence-corrected chi connectivity index (χ3v) is 5.94. The van der Waals surface area contributed by atoms with E-state index in [-0.39, 0.29) is 17.9 Å². The molecule has 2 saturated heterocycles. The normalized spacial score (nSPS) is 22.4. The van der Waals surface area contributed by atoms with Gasteiger partial charge in [-0.1, -0.05) is 12.1 Å². The van der Waals surface area contributed by atoms with Gasteiger partial charge < -0.3 is 14.4 Å². The van der Waals surface area contributed by atoms with E-state index >= 15 is 0 Å². The van der Waals surface area contributed by atoms with E-state index < -0.39 is 41.0 Å². The van der Waals surface area contributed by atoms with Crippen molar-refractivity contribution in [1.82, 2.24) is 9.80 Å². The van der Waals surface area contributed by atoms with Gasteiger partial charge in [-0.25, -0.2) is 13.2 Å². The zero-order valence-electron chi connectivity index (χ0n) is 17.5. The maximum absolute atomic E-state index is 14.7. The van der Waals surface area contributed by atoms with E-state index in [2.05, 4.69) is 4.90 Å². The highest BCUT2D eigenvalue weighted by Crippen LogP contribution is 2.41. The summed E-state index contributed by atoms with van der Waals surface area (Å²) < 4.78 is 53.8. The van der Waals surface area contributed by atoms with Gasteiger partial charge in [0, 0.05) is 30.7 Å². The molecule has 166 valence electrons. The van der Waals surface area contributed by atoms with E-state index in [1.807, 2.05) is 13.8 Å². The molecule has 1 amide bonds. The number of para-hydroxylation sites is 1. The van der Waals surface area contributed by atoms with E-state index in [4.69, 9.17) is 9.47 Å². The Balaban J connectivity index is 1.63. The topological polar surface area (TPSA) is 42.0 Å². The smallest absolute Gasteiger partial charge is 0.266 e. The molecule has 2 aromatic rings. The van der Waals surface area contributed by atoms with Crippen LogP contribution in [0.15, 0.2) is 42.5 Å². The van der Waals surface area contributed by atoms with Crippen molar-refractivity contribution in [1.29, 1.82) is 0 Å². The zero-order chi connectivity index (χ0) is 22.2. The molecule has 2 aliphatic rings. The molecule has 0 unspecified atom stereocenters. The van der Waals surface area contributed by atoms with Crippen molar-refractivity contribution in [3.8, 4) is 5.75 Å². The van der Waals surface area contributed by atoms with Crippen molar-refractivity contribution >= 4 is 5.91 Å². The lowest BCUT2D eigenvalue weighted by atomic mass is 9.87. The molecule has 2 heterocycles. The van der Waals surface area contributed by atoms with Crippen LogP contribution in [0.25, 0.3) is 0 Å². The molecule has 0 aliphatic carbocycles. The average Bonchev–Trinajstić information content (AvgIpc) is 2.76. The summed E-state index contributed by atoms with van der Waals surface area (Å²) in [5.41, 5.74) is -0.413. The number of nitrogens with zero attached hydrogens (tertiary/aromatic N) is 2. The number of ether oxygens (including phenoxy) is 2. The minimum atomic E-state index is -1.14. The van der Waals surface area contributed by atoms with Gasteiger partial charge in [0.25, 0.3) is 5.91 Å². The van der Waals surface area contributed by atoms with Crippen molar-refractivity contribution < 1.29 is 27.4 Å². The van der Waals surface area contributed by atoms with Crippen LogP contribution in [-0.4, -0.2) is 60.2 Å². The number of benzene rings is 2. The van der Waals surface area contributed by atoms with E-state index in [0.717, 1.165) is 18.2 Å². The maximum Gasteiger partial charge on any atom is 0.266 e. The fraction of sp³-hybridized carbons (Fsp3) is 0.435. The number of carbonyl (C=O) groups is 1. The Bertz CT molecular complexity index is 963. The number of β-lactam (4-membered cyclic amide) rings is 1. The van der Waals surface area contributed by atoms with E-state index in [1.165, 1.54) is 23.1 Å². The molecule has 2 aromatic carbocycles. The highest BCUT2D eigenvalue weighted by Gasteiger charge is 2.53. The lowest BCUT2D eigenvalue weighted by molar-refractivity contribution is -0.168. The molecule has 0 bridgehead atoms. The summed E-state index contributed by atoms with van der Waals surface area (Å²) in [6.45, 7) is 6.89. The van der Waals surface area contributed by atoms with Crippen LogP contribution in [0, 0.1) is 17.5 Å². The quantitative estimate of drug-likeness (QED) is 0.653. The summed E-state index contributed by atoms with van der Waals surface area (Å²) in [7, 11) is 0. The van der Waals surface area contributed by atoms with E-state index in [0.29, 0.717) is 26.3 Å². The first kappa shape index (κ1) is 21.6. The molecule has 4 rings (SSSR count). The number of hydrogen-bond donors (Lipinski definition) is 0. The largest absolute Gasteiger partial charge is 0.475 e. The lowest BCUT2D eigenvalue weighted by Crippen LogP contribution is -2.66. The molecule has 2 aliphatic heterocycles. The van der Waals surface area contributed by atoms with Crippen LogP contribution in [-0.2, 0) is 9.53 Å². The van der Waals surface area contributed by atoms with Gasteiger partial charge in [0.05, 0.1) is 13.2 Å². The first-order chi connectivity index (χ1) is 14.8. The molecule has 0 saturated carbocycles. The summed E-state index contributed by atoms with van der Waals surface area (Å²) in [4.78, 5) is 16.7. The number of likely N-dealkylation sites (tertiary alicyclic amines) is 1. The van der Waals surface area contributed by atoms with Crippen LogP contribution in [0.1, 0.15) is 25.5 Å². The lowest BCUT2D eigenvalue weighted by Gasteiger charge is -2.52. The summed E-state index contributed by atoms with van der Waals surface area (Å²) in [5.74, 6) is -2.38. The van der Waals surface area contributed by atoms with Crippen LogP contribution in [0.4, 0.5) is 13.2 Å². The molecule has 0 aromatic heterocycles. The predicted molar refractivity (Wildman–Crippen MR) is 108 cm³/mol. The first-order valence-corrected chi connectivity index (χ1v) is 10.3. The first-order valence-electron chi connectivity index (χ1n) is 10.3. The Morgan fingerprint density at radius 1 is 1.06 bits per heavy atom. The Morgan fingerprint density at radius 2 is 1.77 bits per heavy atom. The highest BCUT2D eigenvalue weighted by atomic mass is 19.1. The average molecular weight is 434 g/mol. The van der Waals surface area contributed by atoms with Crippen LogP contribution in [0.3, 0.4) is 0 Å². The molecule has 31 heavy (non-hydrogen) atoms. The van der Waals surface area contributed by atoms with Crippen molar-refractivity contribution in [2.45, 2.75) is 31.5 Å². The van der Waals surface area contributed by atoms with Gasteiger partial charge in [-0.05, 0) is 44.2 Å². The molecule has 2 atom stereocenters. The van der Waals surface area contributed by atoms with Gasteiger partial charge in [0.15, 0.2) is 11.6 Å². The van der Waals surface area contributed by atoms with Crippen molar-refractivity contribution in [2.24, 2.45) is 0 Å². The summed E-state index contributed by atoms with van der Waals surface area (Å²) in [6.07, 6.45) is -1.14. The molecule has 8 heteroatoms. The van der Waals surface area contributed by atoms with Crippen molar-refractivity contribution in [3.05, 3.63) is 65.5 Å². The van der Waals surface area contributed by atoms with E-state index in [1.54, 1.807) is 6.07 Å². The second-order valence-electron chi connectivity index (χ2n) is 8.46. The maximum atomic E-state index is 14.7. The monoisotopic (exact) mass is 434 g/mol. The molecule has 2 fully saturated rings. The number of morpholine rings is 1. The van der Waals surface area contributed by atoms with Crippen molar-refractivity contribution in [3.63, 3.8) is 0 Å². The second kappa shape index (κ2) is 8.51. The number of carbonyl (C=O) groups excluding carboxylic acids is 1. The van der Waals surface area contributed by atoms with Gasteiger partial charge in [-0.15, -0.1) is 0 Å². The minimum Gasteiger partial charge on any atom is -0.475 e. The summed E-state index contributed by atoms with van der Waals surface area (Å²) in [6, 6.07) is 7.95. The fourth-order valence-electron chi connectivity index (χ4n) is 4.24. The zero-order valence-corrected chi connectivity index (χ0v) is 17.5. The van der Waals surface area contributed by atoms with Crippen LogP contribution < -0.4 is 4.74 Å². The number of rotatable bonds is 6. The Hall–Kier alpha value is -2.58. The summed E-state index contributed by atoms with van der Waals surface area (Å²) >= 11 is 0. The SMILES string of the molecule is CC(C)(CN1C(=O)[C@H](Oc2ccccc2F)[C@@H]1c1cc(F)ccc1F)N1CCOCC1. The third kappa shape index (κ3) is 4.27. The number of hydrogen-bond acceptors (Lipinski definition) is 4.